The number of ether oxygens (including phenoxy) is 1. The third-order valence-corrected chi connectivity index (χ3v) is 3.84. The third kappa shape index (κ3) is 2.53. The van der Waals surface area contributed by atoms with Gasteiger partial charge in [0.1, 0.15) is 5.54 Å². The van der Waals surface area contributed by atoms with Crippen LogP contribution in [0.5, 0.6) is 0 Å². The van der Waals surface area contributed by atoms with Gasteiger partial charge in [-0.1, -0.05) is 28.1 Å². The van der Waals surface area contributed by atoms with Gasteiger partial charge in [-0.05, 0) is 37.0 Å². The number of nitrogens with one attached hydrogen (secondary N) is 1. The number of benzene rings is 1. The molecule has 0 aromatic heterocycles. The zero-order valence-electron chi connectivity index (χ0n) is 10.00. The lowest BCUT2D eigenvalue weighted by atomic mass is 9.90. The summed E-state index contributed by atoms with van der Waals surface area (Å²) in [4.78, 5) is 11.7. The SMILES string of the molecule is COC(=O)C1(C)CC(c2cccc(Br)c2)CN1. The minimum Gasteiger partial charge on any atom is -0.468 e. The average molecular weight is 298 g/mol. The predicted octanol–water partition coefficient (Wildman–Crippen LogP) is 2.46. The molecular weight excluding hydrogens is 282 g/mol. The largest absolute Gasteiger partial charge is 0.468 e. The molecule has 17 heavy (non-hydrogen) atoms. The quantitative estimate of drug-likeness (QED) is 0.852. The van der Waals surface area contributed by atoms with Gasteiger partial charge >= 0.3 is 5.97 Å². The lowest BCUT2D eigenvalue weighted by Crippen LogP contribution is -2.45. The summed E-state index contributed by atoms with van der Waals surface area (Å²) < 4.78 is 5.91. The fourth-order valence-corrected chi connectivity index (χ4v) is 2.78. The second-order valence-electron chi connectivity index (χ2n) is 4.66. The van der Waals surface area contributed by atoms with Gasteiger partial charge in [-0.2, -0.15) is 0 Å². The molecular formula is C13H16BrNO2. The van der Waals surface area contributed by atoms with Crippen molar-refractivity contribution in [3.63, 3.8) is 0 Å². The van der Waals surface area contributed by atoms with E-state index in [1.165, 1.54) is 12.7 Å². The summed E-state index contributed by atoms with van der Waals surface area (Å²) in [5.41, 5.74) is 0.696. The number of rotatable bonds is 2. The first-order valence-electron chi connectivity index (χ1n) is 5.64. The van der Waals surface area contributed by atoms with E-state index in [2.05, 4.69) is 33.4 Å². The van der Waals surface area contributed by atoms with Crippen LogP contribution in [0.25, 0.3) is 0 Å². The summed E-state index contributed by atoms with van der Waals surface area (Å²) in [6.45, 7) is 2.71. The van der Waals surface area contributed by atoms with Gasteiger partial charge in [0.25, 0.3) is 0 Å². The van der Waals surface area contributed by atoms with E-state index >= 15 is 0 Å². The first kappa shape index (κ1) is 12.6. The van der Waals surface area contributed by atoms with Gasteiger partial charge in [0.05, 0.1) is 7.11 Å². The van der Waals surface area contributed by atoms with Gasteiger partial charge in [-0.25, -0.2) is 0 Å². The minimum atomic E-state index is -0.554. The maximum absolute atomic E-state index is 11.7. The van der Waals surface area contributed by atoms with Gasteiger partial charge in [0.2, 0.25) is 0 Å². The van der Waals surface area contributed by atoms with Crippen molar-refractivity contribution in [2.24, 2.45) is 0 Å². The summed E-state index contributed by atoms with van der Waals surface area (Å²) >= 11 is 3.47. The maximum Gasteiger partial charge on any atom is 0.325 e. The highest BCUT2D eigenvalue weighted by Gasteiger charge is 2.42. The molecule has 0 amide bonds. The van der Waals surface area contributed by atoms with Gasteiger partial charge in [-0.3, -0.25) is 4.79 Å². The molecule has 4 heteroatoms. The molecule has 92 valence electrons. The molecule has 2 atom stereocenters. The van der Waals surface area contributed by atoms with Crippen LogP contribution in [0.1, 0.15) is 24.8 Å². The van der Waals surface area contributed by atoms with E-state index in [4.69, 9.17) is 4.74 Å². The average Bonchev–Trinajstić information content (AvgIpc) is 2.72. The Balaban J connectivity index is 2.15. The number of halogens is 1. The normalized spacial score (nSPS) is 28.1. The molecule has 2 rings (SSSR count). The maximum atomic E-state index is 11.7. The van der Waals surface area contributed by atoms with Crippen LogP contribution in [0.4, 0.5) is 0 Å². The molecule has 1 N–H and O–H groups in total. The van der Waals surface area contributed by atoms with Gasteiger partial charge < -0.3 is 10.1 Å². The van der Waals surface area contributed by atoms with Crippen molar-refractivity contribution in [2.45, 2.75) is 24.8 Å². The lowest BCUT2D eigenvalue weighted by molar-refractivity contribution is -0.147. The molecule has 1 aromatic carbocycles. The number of esters is 1. The van der Waals surface area contributed by atoms with Crippen LogP contribution in [0.2, 0.25) is 0 Å². The Bertz CT molecular complexity index is 435. The van der Waals surface area contributed by atoms with Crippen molar-refractivity contribution in [2.75, 3.05) is 13.7 Å². The van der Waals surface area contributed by atoms with E-state index in [0.717, 1.165) is 17.4 Å². The number of carbonyl (C=O) groups is 1. The smallest absolute Gasteiger partial charge is 0.325 e. The molecule has 1 aliphatic heterocycles. The third-order valence-electron chi connectivity index (χ3n) is 3.35. The van der Waals surface area contributed by atoms with E-state index < -0.39 is 5.54 Å². The van der Waals surface area contributed by atoms with Crippen LogP contribution < -0.4 is 5.32 Å². The van der Waals surface area contributed by atoms with Crippen molar-refractivity contribution < 1.29 is 9.53 Å². The van der Waals surface area contributed by atoms with Crippen LogP contribution in [0.3, 0.4) is 0 Å². The predicted molar refractivity (Wildman–Crippen MR) is 69.9 cm³/mol. The van der Waals surface area contributed by atoms with Gasteiger partial charge in [-0.15, -0.1) is 0 Å². The Morgan fingerprint density at radius 2 is 2.35 bits per heavy atom. The van der Waals surface area contributed by atoms with Crippen molar-refractivity contribution in [3.05, 3.63) is 34.3 Å². The lowest BCUT2D eigenvalue weighted by Gasteiger charge is -2.20. The van der Waals surface area contributed by atoms with E-state index in [1.54, 1.807) is 0 Å². The molecule has 0 radical (unpaired) electrons. The van der Waals surface area contributed by atoms with Crippen LogP contribution in [0, 0.1) is 0 Å². The fourth-order valence-electron chi connectivity index (χ4n) is 2.36. The number of carbonyl (C=O) groups excluding carboxylic acids is 1. The summed E-state index contributed by atoms with van der Waals surface area (Å²) in [6, 6.07) is 8.23. The summed E-state index contributed by atoms with van der Waals surface area (Å²) in [7, 11) is 1.43. The van der Waals surface area contributed by atoms with E-state index in [-0.39, 0.29) is 5.97 Å². The van der Waals surface area contributed by atoms with Gasteiger partial charge in [0, 0.05) is 11.0 Å². The Morgan fingerprint density at radius 1 is 1.59 bits per heavy atom. The standard InChI is InChI=1S/C13H16BrNO2/c1-13(12(16)17-2)7-10(8-15-13)9-4-3-5-11(14)6-9/h3-6,10,15H,7-8H2,1-2H3. The number of hydrogen-bond donors (Lipinski definition) is 1. The van der Waals surface area contributed by atoms with E-state index in [9.17, 15) is 4.79 Å². The van der Waals surface area contributed by atoms with Crippen molar-refractivity contribution >= 4 is 21.9 Å². The number of hydrogen-bond acceptors (Lipinski definition) is 3. The molecule has 0 aliphatic carbocycles. The summed E-state index contributed by atoms with van der Waals surface area (Å²) in [5.74, 6) is 0.173. The second-order valence-corrected chi connectivity index (χ2v) is 5.58. The highest BCUT2D eigenvalue weighted by atomic mass is 79.9. The molecule has 1 saturated heterocycles. The Morgan fingerprint density at radius 3 is 3.00 bits per heavy atom. The molecule has 1 aliphatic rings. The molecule has 1 aromatic rings. The molecule has 1 heterocycles. The summed E-state index contributed by atoms with van der Waals surface area (Å²) in [6.07, 6.45) is 0.774. The Kier molecular flexibility index (Phi) is 3.54. The van der Waals surface area contributed by atoms with Crippen molar-refractivity contribution in [3.8, 4) is 0 Å². The first-order valence-corrected chi connectivity index (χ1v) is 6.43. The Hall–Kier alpha value is -0.870. The Labute approximate surface area is 110 Å². The highest BCUT2D eigenvalue weighted by molar-refractivity contribution is 9.10. The number of methoxy groups -OCH3 is 1. The van der Waals surface area contributed by atoms with Crippen molar-refractivity contribution in [1.82, 2.24) is 5.32 Å². The molecule has 0 saturated carbocycles. The molecule has 3 nitrogen and oxygen atoms in total. The van der Waals surface area contributed by atoms with Crippen molar-refractivity contribution in [1.29, 1.82) is 0 Å². The van der Waals surface area contributed by atoms with E-state index in [1.807, 2.05) is 19.1 Å². The highest BCUT2D eigenvalue weighted by Crippen LogP contribution is 2.33. The van der Waals surface area contributed by atoms with Crippen LogP contribution in [0.15, 0.2) is 28.7 Å². The van der Waals surface area contributed by atoms with E-state index in [0.29, 0.717) is 5.92 Å². The zero-order chi connectivity index (χ0) is 12.5. The van der Waals surface area contributed by atoms with Crippen LogP contribution >= 0.6 is 15.9 Å². The van der Waals surface area contributed by atoms with Crippen LogP contribution in [-0.2, 0) is 9.53 Å². The molecule has 1 fully saturated rings. The second kappa shape index (κ2) is 4.78. The monoisotopic (exact) mass is 297 g/mol. The summed E-state index contributed by atoms with van der Waals surface area (Å²) in [5, 5.41) is 3.26. The van der Waals surface area contributed by atoms with Gasteiger partial charge in [0.15, 0.2) is 0 Å². The topological polar surface area (TPSA) is 38.3 Å². The molecule has 0 spiro atoms. The minimum absolute atomic E-state index is 0.185. The molecule has 0 bridgehead atoms. The fraction of sp³-hybridized carbons (Fsp3) is 0.462. The first-order chi connectivity index (χ1) is 8.05. The molecule has 2 unspecified atom stereocenters. The zero-order valence-corrected chi connectivity index (χ0v) is 11.6. The van der Waals surface area contributed by atoms with Crippen LogP contribution in [-0.4, -0.2) is 25.2 Å².